The predicted octanol–water partition coefficient (Wildman–Crippen LogP) is -23.3. The Morgan fingerprint density at radius 1 is 0.286 bits per heavy atom. The first-order valence-electron chi connectivity index (χ1n) is 0. The molecule has 6 nitrogen and oxygen atoms in total. The maximum absolute atomic E-state index is 0. The van der Waals surface area contributed by atoms with Gasteiger partial charge in [0, 0.05) is 0 Å². The minimum atomic E-state index is 0. The average Bonchev–Trinajstić information content (AvgIpc) is 0. The number of hydrogen-bond acceptors (Lipinski definition) is 0. The molecule has 0 aromatic carbocycles. The van der Waals surface area contributed by atoms with Crippen LogP contribution < -0.4 is 74.4 Å². The quantitative estimate of drug-likeness (QED) is 0.326. The Labute approximate surface area is 155 Å². The van der Waals surface area contributed by atoms with Crippen molar-refractivity contribution in [3.8, 4) is 0 Å². The standard InChI is InChI=1S/Al.6ClH.6H2O.Y/h;6*1H;6*1H2;/q+3;;;;;;;;;;;;;+3/p-6. The van der Waals surface area contributed by atoms with Gasteiger partial charge in [-0.2, -0.15) is 0 Å². The molecule has 0 unspecified atom stereocenters. The zero-order valence-corrected chi connectivity index (χ0v) is 15.0. The fourth-order valence-electron chi connectivity index (χ4n) is 0. The molecule has 96 valence electrons. The van der Waals surface area contributed by atoms with Crippen molar-refractivity contribution in [1.82, 2.24) is 0 Å². The van der Waals surface area contributed by atoms with Crippen LogP contribution >= 0.6 is 0 Å². The molecule has 0 fully saturated rings. The Bertz CT molecular complexity index is 22.3. The largest absolute Gasteiger partial charge is 3.00 e. The Morgan fingerprint density at radius 2 is 0.286 bits per heavy atom. The zero-order valence-electron chi connectivity index (χ0n) is 6.42. The van der Waals surface area contributed by atoms with Crippen LogP contribution in [0.25, 0.3) is 0 Å². The van der Waals surface area contributed by atoms with Gasteiger partial charge in [-0.25, -0.2) is 0 Å². The van der Waals surface area contributed by atoms with Crippen LogP contribution in [0.4, 0.5) is 0 Å². The molecule has 0 heterocycles. The van der Waals surface area contributed by atoms with E-state index in [-0.39, 0.29) is 157 Å². The average molecular weight is 437 g/mol. The van der Waals surface area contributed by atoms with E-state index in [0.29, 0.717) is 0 Å². The Morgan fingerprint density at radius 3 is 0.286 bits per heavy atom. The summed E-state index contributed by atoms with van der Waals surface area (Å²) in [6.07, 6.45) is 0. The summed E-state index contributed by atoms with van der Waals surface area (Å²) in [5, 5.41) is 0. The van der Waals surface area contributed by atoms with Crippen LogP contribution in [0.3, 0.4) is 0 Å². The van der Waals surface area contributed by atoms with Gasteiger partial charge in [0.15, 0.2) is 0 Å². The van der Waals surface area contributed by atoms with E-state index in [0.717, 1.165) is 0 Å². The molecule has 0 atom stereocenters. The first-order chi connectivity index (χ1) is 0. The second-order valence-corrected chi connectivity index (χ2v) is 0. The van der Waals surface area contributed by atoms with Gasteiger partial charge in [0.05, 0.1) is 0 Å². The Hall–Kier alpha value is 3.14. The molecule has 14 heavy (non-hydrogen) atoms. The molecular formula is H12AlCl6O6Y. The van der Waals surface area contributed by atoms with Crippen molar-refractivity contribution in [2.75, 3.05) is 0 Å². The molecular weight excluding hydrogens is 425 g/mol. The molecule has 0 radical (unpaired) electrons. The van der Waals surface area contributed by atoms with Gasteiger partial charge in [-0.05, 0) is 0 Å². The number of halogens is 6. The maximum atomic E-state index is 0. The smallest absolute Gasteiger partial charge is 1.00 e. The summed E-state index contributed by atoms with van der Waals surface area (Å²) in [6.45, 7) is 0. The molecule has 0 spiro atoms. The molecule has 0 saturated carbocycles. The van der Waals surface area contributed by atoms with E-state index in [2.05, 4.69) is 0 Å². The van der Waals surface area contributed by atoms with Crippen LogP contribution in [0.15, 0.2) is 0 Å². The molecule has 0 aliphatic rings. The third-order valence-electron chi connectivity index (χ3n) is 0. The first kappa shape index (κ1) is 454. The van der Waals surface area contributed by atoms with Gasteiger partial charge >= 0.3 is 50.1 Å². The first-order valence-corrected chi connectivity index (χ1v) is 0. The summed E-state index contributed by atoms with van der Waals surface area (Å²) >= 11 is 0. The van der Waals surface area contributed by atoms with Gasteiger partial charge in [0.25, 0.3) is 0 Å². The van der Waals surface area contributed by atoms with Crippen LogP contribution in [0.5, 0.6) is 0 Å². The van der Waals surface area contributed by atoms with E-state index >= 15 is 0 Å². The van der Waals surface area contributed by atoms with Crippen molar-refractivity contribution in [3.05, 3.63) is 0 Å². The third-order valence-corrected chi connectivity index (χ3v) is 0. The molecule has 12 N–H and O–H groups in total. The van der Waals surface area contributed by atoms with Crippen molar-refractivity contribution in [2.24, 2.45) is 0 Å². The van der Waals surface area contributed by atoms with Crippen molar-refractivity contribution in [3.63, 3.8) is 0 Å². The van der Waals surface area contributed by atoms with Crippen molar-refractivity contribution >= 4 is 17.4 Å². The van der Waals surface area contributed by atoms with Crippen LogP contribution in [0, 0.1) is 0 Å². The minimum absolute atomic E-state index is 0. The predicted molar refractivity (Wildman–Crippen MR) is 27.4 cm³/mol. The maximum Gasteiger partial charge on any atom is 3.00 e. The second-order valence-electron chi connectivity index (χ2n) is 0. The molecule has 0 bridgehead atoms. The summed E-state index contributed by atoms with van der Waals surface area (Å²) in [4.78, 5) is 0. The van der Waals surface area contributed by atoms with Gasteiger partial charge in [0.1, 0.15) is 0 Å². The van der Waals surface area contributed by atoms with E-state index in [4.69, 9.17) is 0 Å². The summed E-state index contributed by atoms with van der Waals surface area (Å²) in [5.74, 6) is 0. The van der Waals surface area contributed by atoms with Gasteiger partial charge < -0.3 is 107 Å². The molecule has 0 saturated heterocycles. The van der Waals surface area contributed by atoms with Crippen LogP contribution in [0.2, 0.25) is 0 Å². The summed E-state index contributed by atoms with van der Waals surface area (Å²) in [6, 6.07) is 0. The molecule has 0 aromatic heterocycles. The number of rotatable bonds is 0. The van der Waals surface area contributed by atoms with Crippen LogP contribution in [0.1, 0.15) is 0 Å². The molecule has 0 rings (SSSR count). The Kier molecular flexibility index (Phi) is 12200. The van der Waals surface area contributed by atoms with Crippen molar-refractivity contribution in [1.29, 1.82) is 0 Å². The van der Waals surface area contributed by atoms with E-state index in [1.54, 1.807) is 0 Å². The summed E-state index contributed by atoms with van der Waals surface area (Å²) in [5.41, 5.74) is 0. The molecule has 0 aromatic rings. The molecule has 0 amide bonds. The topological polar surface area (TPSA) is 189 Å². The van der Waals surface area contributed by atoms with E-state index < -0.39 is 0 Å². The third kappa shape index (κ3) is 307. The van der Waals surface area contributed by atoms with Gasteiger partial charge in [0.2, 0.25) is 0 Å². The van der Waals surface area contributed by atoms with Gasteiger partial charge in [-0.3, -0.25) is 0 Å². The van der Waals surface area contributed by atoms with Crippen molar-refractivity contribution in [2.45, 2.75) is 0 Å². The SMILES string of the molecule is O.O.O.O.O.O.[Al+3].[Cl-].[Cl-].[Cl-].[Cl-].[Cl-].[Cl-].[Y+3]. The van der Waals surface area contributed by atoms with Crippen LogP contribution in [-0.2, 0) is 32.7 Å². The van der Waals surface area contributed by atoms with Gasteiger partial charge in [-0.1, -0.05) is 0 Å². The van der Waals surface area contributed by atoms with Crippen molar-refractivity contribution < 1.29 is 140 Å². The fourth-order valence-corrected chi connectivity index (χ4v) is 0. The van der Waals surface area contributed by atoms with Gasteiger partial charge in [-0.15, -0.1) is 0 Å². The summed E-state index contributed by atoms with van der Waals surface area (Å²) in [7, 11) is 0. The molecule has 0 aliphatic heterocycles. The van der Waals surface area contributed by atoms with E-state index in [1.165, 1.54) is 0 Å². The summed E-state index contributed by atoms with van der Waals surface area (Å²) < 4.78 is 0. The van der Waals surface area contributed by atoms with Crippen LogP contribution in [-0.4, -0.2) is 50.2 Å². The zero-order chi connectivity index (χ0) is 0. The van der Waals surface area contributed by atoms with E-state index in [1.807, 2.05) is 0 Å². The monoisotopic (exact) mass is 434 g/mol. The Balaban J connectivity index is 0. The minimum Gasteiger partial charge on any atom is -1.00 e. The fraction of sp³-hybridized carbons (Fsp3) is 0. The van der Waals surface area contributed by atoms with E-state index in [9.17, 15) is 0 Å². The molecule has 14 heteroatoms. The second kappa shape index (κ2) is 376. The normalized spacial score (nSPS) is 0. The molecule has 0 aliphatic carbocycles. The number of hydrogen-bond donors (Lipinski definition) is 0.